The van der Waals surface area contributed by atoms with Gasteiger partial charge in [-0.1, -0.05) is 35.9 Å². The van der Waals surface area contributed by atoms with Gasteiger partial charge in [-0.15, -0.1) is 6.58 Å². The van der Waals surface area contributed by atoms with Crippen molar-refractivity contribution in [2.45, 2.75) is 13.0 Å². The molecule has 0 fully saturated rings. The van der Waals surface area contributed by atoms with Crippen molar-refractivity contribution in [3.05, 3.63) is 47.5 Å². The first-order valence-electron chi connectivity index (χ1n) is 4.34. The maximum Gasteiger partial charge on any atom is 0.0453 e. The van der Waals surface area contributed by atoms with Crippen molar-refractivity contribution in [1.82, 2.24) is 5.32 Å². The molecule has 70 valence electrons. The van der Waals surface area contributed by atoms with E-state index in [1.807, 2.05) is 30.3 Å². The van der Waals surface area contributed by atoms with Gasteiger partial charge >= 0.3 is 0 Å². The third-order valence-corrected chi connectivity index (χ3v) is 2.28. The fourth-order valence-corrected chi connectivity index (χ4v) is 1.50. The summed E-state index contributed by atoms with van der Waals surface area (Å²) >= 11 is 6.03. The predicted molar refractivity (Wildman–Crippen MR) is 58.1 cm³/mol. The molecule has 1 rings (SSSR count). The van der Waals surface area contributed by atoms with Crippen LogP contribution in [0.5, 0.6) is 0 Å². The fourth-order valence-electron chi connectivity index (χ4n) is 1.20. The monoisotopic (exact) mass is 195 g/mol. The molecule has 0 aliphatic rings. The molecule has 1 unspecified atom stereocenters. The van der Waals surface area contributed by atoms with Crippen LogP contribution in [0.15, 0.2) is 36.9 Å². The Morgan fingerprint density at radius 2 is 2.23 bits per heavy atom. The van der Waals surface area contributed by atoms with Crippen LogP contribution in [0.1, 0.15) is 18.5 Å². The number of hydrogen-bond acceptors (Lipinski definition) is 1. The lowest BCUT2D eigenvalue weighted by molar-refractivity contribution is 0.618. The van der Waals surface area contributed by atoms with Gasteiger partial charge in [0.25, 0.3) is 0 Å². The lowest BCUT2D eigenvalue weighted by Gasteiger charge is -2.13. The summed E-state index contributed by atoms with van der Waals surface area (Å²) in [5.74, 6) is 0. The van der Waals surface area contributed by atoms with Gasteiger partial charge in [-0.05, 0) is 18.6 Å². The molecular weight excluding hydrogens is 182 g/mol. The summed E-state index contributed by atoms with van der Waals surface area (Å²) in [5.41, 5.74) is 1.13. The zero-order valence-electron chi connectivity index (χ0n) is 7.76. The van der Waals surface area contributed by atoms with E-state index < -0.39 is 0 Å². The molecule has 2 heteroatoms. The Labute approximate surface area is 84.4 Å². The molecule has 1 aromatic carbocycles. The summed E-state index contributed by atoms with van der Waals surface area (Å²) in [4.78, 5) is 0. The summed E-state index contributed by atoms with van der Waals surface area (Å²) in [5, 5.41) is 4.10. The normalized spacial score (nSPS) is 12.5. The van der Waals surface area contributed by atoms with Crippen LogP contribution in [0.4, 0.5) is 0 Å². The average Bonchev–Trinajstić information content (AvgIpc) is 2.15. The first kappa shape index (κ1) is 10.3. The lowest BCUT2D eigenvalue weighted by atomic mass is 10.1. The fraction of sp³-hybridized carbons (Fsp3) is 0.273. The maximum atomic E-state index is 6.03. The van der Waals surface area contributed by atoms with Crippen LogP contribution in [0.3, 0.4) is 0 Å². The summed E-state index contributed by atoms with van der Waals surface area (Å²) in [6.45, 7) is 6.54. The molecule has 13 heavy (non-hydrogen) atoms. The molecule has 1 N–H and O–H groups in total. The number of hydrogen-bond donors (Lipinski definition) is 1. The molecule has 1 nitrogen and oxygen atoms in total. The number of benzene rings is 1. The number of rotatable bonds is 4. The minimum absolute atomic E-state index is 0.270. The minimum Gasteiger partial charge on any atom is -0.307 e. The molecule has 0 radical (unpaired) electrons. The topological polar surface area (TPSA) is 12.0 Å². The SMILES string of the molecule is C=CCNC(C)c1ccccc1Cl. The Bertz CT molecular complexity index is 283. The van der Waals surface area contributed by atoms with Crippen molar-refractivity contribution in [1.29, 1.82) is 0 Å². The number of nitrogens with one attached hydrogen (secondary N) is 1. The smallest absolute Gasteiger partial charge is 0.0453 e. The molecule has 0 spiro atoms. The van der Waals surface area contributed by atoms with Gasteiger partial charge in [-0.3, -0.25) is 0 Å². The first-order chi connectivity index (χ1) is 6.25. The second-order valence-electron chi connectivity index (χ2n) is 2.94. The summed E-state index contributed by atoms with van der Waals surface area (Å²) in [6, 6.07) is 8.14. The highest BCUT2D eigenvalue weighted by Gasteiger charge is 2.06. The molecule has 0 aromatic heterocycles. The molecule has 0 saturated carbocycles. The van der Waals surface area contributed by atoms with Crippen molar-refractivity contribution in [2.75, 3.05) is 6.54 Å². The zero-order chi connectivity index (χ0) is 9.68. The van der Waals surface area contributed by atoms with Crippen molar-refractivity contribution >= 4 is 11.6 Å². The predicted octanol–water partition coefficient (Wildman–Crippen LogP) is 3.18. The molecule has 1 aromatic rings. The Hall–Kier alpha value is -0.790. The van der Waals surface area contributed by atoms with Gasteiger partial charge in [0.15, 0.2) is 0 Å². The van der Waals surface area contributed by atoms with E-state index in [0.29, 0.717) is 0 Å². The van der Waals surface area contributed by atoms with Gasteiger partial charge in [-0.2, -0.15) is 0 Å². The summed E-state index contributed by atoms with van der Waals surface area (Å²) in [7, 11) is 0. The van der Waals surface area contributed by atoms with E-state index in [2.05, 4.69) is 18.8 Å². The second kappa shape index (κ2) is 5.05. The van der Waals surface area contributed by atoms with Crippen LogP contribution in [0, 0.1) is 0 Å². The Morgan fingerprint density at radius 3 is 2.85 bits per heavy atom. The van der Waals surface area contributed by atoms with Crippen molar-refractivity contribution < 1.29 is 0 Å². The van der Waals surface area contributed by atoms with E-state index in [0.717, 1.165) is 17.1 Å². The molecular formula is C11H14ClN. The van der Waals surface area contributed by atoms with E-state index in [9.17, 15) is 0 Å². The van der Waals surface area contributed by atoms with E-state index >= 15 is 0 Å². The van der Waals surface area contributed by atoms with Gasteiger partial charge in [0.1, 0.15) is 0 Å². The highest BCUT2D eigenvalue weighted by molar-refractivity contribution is 6.31. The molecule has 0 aliphatic heterocycles. The Kier molecular flexibility index (Phi) is 4.00. The second-order valence-corrected chi connectivity index (χ2v) is 3.35. The van der Waals surface area contributed by atoms with Crippen LogP contribution >= 0.6 is 11.6 Å². The minimum atomic E-state index is 0.270. The van der Waals surface area contributed by atoms with Crippen molar-refractivity contribution in [3.63, 3.8) is 0 Å². The third kappa shape index (κ3) is 2.87. The van der Waals surface area contributed by atoms with Gasteiger partial charge in [0.05, 0.1) is 0 Å². The molecule has 0 saturated heterocycles. The van der Waals surface area contributed by atoms with Gasteiger partial charge < -0.3 is 5.32 Å². The average molecular weight is 196 g/mol. The first-order valence-corrected chi connectivity index (χ1v) is 4.72. The molecule has 0 heterocycles. The van der Waals surface area contributed by atoms with Crippen molar-refractivity contribution in [2.24, 2.45) is 0 Å². The van der Waals surface area contributed by atoms with Crippen LogP contribution in [0.2, 0.25) is 5.02 Å². The summed E-state index contributed by atoms with van der Waals surface area (Å²) in [6.07, 6.45) is 1.84. The van der Waals surface area contributed by atoms with Crippen molar-refractivity contribution in [3.8, 4) is 0 Å². The standard InChI is InChI=1S/C11H14ClN/c1-3-8-13-9(2)10-6-4-5-7-11(10)12/h3-7,9,13H,1,8H2,2H3. The highest BCUT2D eigenvalue weighted by atomic mass is 35.5. The Balaban J connectivity index is 2.70. The van der Waals surface area contributed by atoms with Crippen LogP contribution in [0.25, 0.3) is 0 Å². The van der Waals surface area contributed by atoms with Crippen LogP contribution in [-0.4, -0.2) is 6.54 Å². The largest absolute Gasteiger partial charge is 0.307 e. The zero-order valence-corrected chi connectivity index (χ0v) is 8.51. The molecule has 0 aliphatic carbocycles. The molecule has 1 atom stereocenters. The maximum absolute atomic E-state index is 6.03. The van der Waals surface area contributed by atoms with E-state index in [1.165, 1.54) is 0 Å². The molecule has 0 amide bonds. The third-order valence-electron chi connectivity index (χ3n) is 1.94. The summed E-state index contributed by atoms with van der Waals surface area (Å²) < 4.78 is 0. The number of halogens is 1. The van der Waals surface area contributed by atoms with Crippen LogP contribution in [-0.2, 0) is 0 Å². The van der Waals surface area contributed by atoms with E-state index in [-0.39, 0.29) is 6.04 Å². The lowest BCUT2D eigenvalue weighted by Crippen LogP contribution is -2.18. The Morgan fingerprint density at radius 1 is 1.54 bits per heavy atom. The molecule has 0 bridgehead atoms. The van der Waals surface area contributed by atoms with E-state index in [4.69, 9.17) is 11.6 Å². The van der Waals surface area contributed by atoms with Crippen LogP contribution < -0.4 is 5.32 Å². The highest BCUT2D eigenvalue weighted by Crippen LogP contribution is 2.21. The van der Waals surface area contributed by atoms with E-state index in [1.54, 1.807) is 0 Å². The van der Waals surface area contributed by atoms with Gasteiger partial charge in [0, 0.05) is 17.6 Å². The van der Waals surface area contributed by atoms with Gasteiger partial charge in [-0.25, -0.2) is 0 Å². The quantitative estimate of drug-likeness (QED) is 0.728. The van der Waals surface area contributed by atoms with Gasteiger partial charge in [0.2, 0.25) is 0 Å².